The second-order valence-corrected chi connectivity index (χ2v) is 6.43. The lowest BCUT2D eigenvalue weighted by molar-refractivity contribution is 0.488. The summed E-state index contributed by atoms with van der Waals surface area (Å²) in [5.74, 6) is 1.28. The Labute approximate surface area is 129 Å². The third kappa shape index (κ3) is 3.00. The molecule has 1 N–H and O–H groups in total. The van der Waals surface area contributed by atoms with Gasteiger partial charge in [-0.3, -0.25) is 9.89 Å². The van der Waals surface area contributed by atoms with E-state index >= 15 is 0 Å². The highest BCUT2D eigenvalue weighted by Crippen LogP contribution is 2.18. The Hall–Kier alpha value is -1.69. The molecule has 0 unspecified atom stereocenters. The van der Waals surface area contributed by atoms with Crippen molar-refractivity contribution in [2.75, 3.05) is 0 Å². The fourth-order valence-electron chi connectivity index (χ4n) is 2.41. The summed E-state index contributed by atoms with van der Waals surface area (Å²) in [5.41, 5.74) is 1.62. The van der Waals surface area contributed by atoms with Crippen LogP contribution in [0.5, 0.6) is 0 Å². The van der Waals surface area contributed by atoms with E-state index in [1.165, 1.54) is 0 Å². The molecule has 0 aliphatic heterocycles. The van der Waals surface area contributed by atoms with Gasteiger partial charge in [-0.05, 0) is 36.2 Å². The van der Waals surface area contributed by atoms with Crippen molar-refractivity contribution < 1.29 is 0 Å². The number of aromatic nitrogens is 4. The molecule has 0 aliphatic carbocycles. The molecule has 0 saturated heterocycles. The summed E-state index contributed by atoms with van der Waals surface area (Å²) < 4.78 is 4.09. The molecular weight excluding hydrogens is 284 g/mol. The SMILES string of the molecule is CC(C)Cn1c(C(C)C)ccc(-c2n[nH]c(=S)n2C)c1=O. The summed E-state index contributed by atoms with van der Waals surface area (Å²) in [4.78, 5) is 12.9. The van der Waals surface area contributed by atoms with E-state index in [0.29, 0.717) is 34.5 Å². The zero-order valence-corrected chi connectivity index (χ0v) is 14.0. The number of nitrogens with zero attached hydrogens (tertiary/aromatic N) is 3. The lowest BCUT2D eigenvalue weighted by Gasteiger charge is -2.18. The van der Waals surface area contributed by atoms with Crippen LogP contribution in [-0.4, -0.2) is 19.3 Å². The van der Waals surface area contributed by atoms with Gasteiger partial charge in [0.2, 0.25) is 0 Å². The maximum atomic E-state index is 12.9. The minimum Gasteiger partial charge on any atom is -0.312 e. The van der Waals surface area contributed by atoms with E-state index in [1.54, 1.807) is 4.57 Å². The van der Waals surface area contributed by atoms with Crippen LogP contribution in [-0.2, 0) is 13.6 Å². The van der Waals surface area contributed by atoms with Crippen LogP contribution < -0.4 is 5.56 Å². The second-order valence-electron chi connectivity index (χ2n) is 6.05. The standard InChI is InChI=1S/C15H22N4OS/c1-9(2)8-19-12(10(3)4)7-6-11(14(19)20)13-16-17-15(21)18(13)5/h6-7,9-10H,8H2,1-5H3,(H,17,21). The number of nitrogens with one attached hydrogen (secondary N) is 1. The number of rotatable bonds is 4. The lowest BCUT2D eigenvalue weighted by atomic mass is 10.1. The predicted molar refractivity (Wildman–Crippen MR) is 87.0 cm³/mol. The Balaban J connectivity index is 2.68. The zero-order valence-electron chi connectivity index (χ0n) is 13.2. The van der Waals surface area contributed by atoms with E-state index in [0.717, 1.165) is 5.69 Å². The van der Waals surface area contributed by atoms with E-state index in [-0.39, 0.29) is 5.56 Å². The first-order valence-electron chi connectivity index (χ1n) is 7.18. The van der Waals surface area contributed by atoms with E-state index in [1.807, 2.05) is 23.7 Å². The first-order valence-corrected chi connectivity index (χ1v) is 7.59. The van der Waals surface area contributed by atoms with Gasteiger partial charge in [-0.2, -0.15) is 5.10 Å². The lowest BCUT2D eigenvalue weighted by Crippen LogP contribution is -2.28. The van der Waals surface area contributed by atoms with Crippen molar-refractivity contribution in [1.29, 1.82) is 0 Å². The van der Waals surface area contributed by atoms with Crippen LogP contribution in [0.4, 0.5) is 0 Å². The van der Waals surface area contributed by atoms with E-state index in [9.17, 15) is 4.79 Å². The van der Waals surface area contributed by atoms with Gasteiger partial charge in [-0.1, -0.05) is 27.7 Å². The molecule has 0 fully saturated rings. The van der Waals surface area contributed by atoms with Crippen molar-refractivity contribution in [3.05, 3.63) is 33.0 Å². The Morgan fingerprint density at radius 2 is 1.95 bits per heavy atom. The van der Waals surface area contributed by atoms with Gasteiger partial charge in [-0.25, -0.2) is 0 Å². The first-order chi connectivity index (χ1) is 9.82. The molecular formula is C15H22N4OS. The van der Waals surface area contributed by atoms with E-state index < -0.39 is 0 Å². The topological polar surface area (TPSA) is 55.6 Å². The van der Waals surface area contributed by atoms with Crippen LogP contribution in [0.15, 0.2) is 16.9 Å². The largest absolute Gasteiger partial charge is 0.312 e. The van der Waals surface area contributed by atoms with Crippen LogP contribution in [0.25, 0.3) is 11.4 Å². The number of H-pyrrole nitrogens is 1. The highest BCUT2D eigenvalue weighted by Gasteiger charge is 2.16. The van der Waals surface area contributed by atoms with Crippen LogP contribution >= 0.6 is 12.2 Å². The summed E-state index contributed by atoms with van der Waals surface area (Å²) in [5, 5.41) is 6.90. The number of hydrogen-bond acceptors (Lipinski definition) is 3. The molecule has 0 atom stereocenters. The average molecular weight is 306 g/mol. The monoisotopic (exact) mass is 306 g/mol. The maximum absolute atomic E-state index is 12.9. The van der Waals surface area contributed by atoms with Crippen molar-refractivity contribution in [2.24, 2.45) is 13.0 Å². The molecule has 0 radical (unpaired) electrons. The third-order valence-electron chi connectivity index (χ3n) is 3.47. The van der Waals surface area contributed by atoms with Gasteiger partial charge >= 0.3 is 0 Å². The second kappa shape index (κ2) is 5.97. The molecule has 0 bridgehead atoms. The number of aromatic amines is 1. The quantitative estimate of drug-likeness (QED) is 0.883. The van der Waals surface area contributed by atoms with Crippen LogP contribution in [0.1, 0.15) is 39.3 Å². The first kappa shape index (κ1) is 15.7. The Morgan fingerprint density at radius 1 is 1.29 bits per heavy atom. The van der Waals surface area contributed by atoms with Crippen LogP contribution in [0.2, 0.25) is 0 Å². The van der Waals surface area contributed by atoms with Crippen molar-refractivity contribution >= 4 is 12.2 Å². The van der Waals surface area contributed by atoms with Gasteiger partial charge in [0.1, 0.15) is 0 Å². The molecule has 2 aromatic rings. The van der Waals surface area contributed by atoms with Gasteiger partial charge in [-0.15, -0.1) is 0 Å². The van der Waals surface area contributed by atoms with Gasteiger partial charge in [0, 0.05) is 19.3 Å². The molecule has 0 amide bonds. The average Bonchev–Trinajstić information content (AvgIpc) is 2.72. The Bertz CT molecular complexity index is 752. The Morgan fingerprint density at radius 3 is 2.43 bits per heavy atom. The minimum atomic E-state index is -0.00741. The Kier molecular flexibility index (Phi) is 4.46. The predicted octanol–water partition coefficient (Wildman–Crippen LogP) is 3.09. The smallest absolute Gasteiger partial charge is 0.261 e. The molecule has 2 rings (SSSR count). The third-order valence-corrected chi connectivity index (χ3v) is 3.83. The van der Waals surface area contributed by atoms with Crippen LogP contribution in [0.3, 0.4) is 0 Å². The van der Waals surface area contributed by atoms with Gasteiger partial charge < -0.3 is 9.13 Å². The maximum Gasteiger partial charge on any atom is 0.261 e. The van der Waals surface area contributed by atoms with Crippen molar-refractivity contribution in [3.8, 4) is 11.4 Å². The fraction of sp³-hybridized carbons (Fsp3) is 0.533. The van der Waals surface area contributed by atoms with Crippen molar-refractivity contribution in [2.45, 2.75) is 40.2 Å². The highest BCUT2D eigenvalue weighted by molar-refractivity contribution is 7.71. The summed E-state index contributed by atoms with van der Waals surface area (Å²) >= 11 is 5.12. The zero-order chi connectivity index (χ0) is 15.7. The summed E-state index contributed by atoms with van der Waals surface area (Å²) in [7, 11) is 1.81. The molecule has 2 aromatic heterocycles. The molecule has 0 aromatic carbocycles. The molecule has 0 spiro atoms. The molecule has 6 heteroatoms. The normalized spacial score (nSPS) is 11.6. The van der Waals surface area contributed by atoms with Crippen LogP contribution in [0, 0.1) is 10.7 Å². The molecule has 0 aliphatic rings. The van der Waals surface area contributed by atoms with E-state index in [2.05, 4.69) is 37.9 Å². The van der Waals surface area contributed by atoms with Crippen molar-refractivity contribution in [1.82, 2.24) is 19.3 Å². The molecule has 0 saturated carbocycles. The summed E-state index contributed by atoms with van der Waals surface area (Å²) in [6.45, 7) is 9.12. The summed E-state index contributed by atoms with van der Waals surface area (Å²) in [6.07, 6.45) is 0. The van der Waals surface area contributed by atoms with Crippen molar-refractivity contribution in [3.63, 3.8) is 0 Å². The molecule has 5 nitrogen and oxygen atoms in total. The molecule has 114 valence electrons. The number of pyridine rings is 1. The van der Waals surface area contributed by atoms with Gasteiger partial charge in [0.15, 0.2) is 10.6 Å². The minimum absolute atomic E-state index is 0.00741. The van der Waals surface area contributed by atoms with Gasteiger partial charge in [0.25, 0.3) is 5.56 Å². The highest BCUT2D eigenvalue weighted by atomic mass is 32.1. The van der Waals surface area contributed by atoms with E-state index in [4.69, 9.17) is 12.2 Å². The van der Waals surface area contributed by atoms with Gasteiger partial charge in [0.05, 0.1) is 5.56 Å². The fourth-order valence-corrected chi connectivity index (χ4v) is 2.54. The summed E-state index contributed by atoms with van der Waals surface area (Å²) in [6, 6.07) is 3.86. The number of hydrogen-bond donors (Lipinski definition) is 1. The molecule has 2 heterocycles. The molecule has 21 heavy (non-hydrogen) atoms.